The monoisotopic (exact) mass is 287 g/mol. The number of hydrogen-bond donors (Lipinski definition) is 1. The van der Waals surface area contributed by atoms with E-state index in [0.717, 1.165) is 33.6 Å². The van der Waals surface area contributed by atoms with Crippen molar-refractivity contribution in [2.24, 2.45) is 0 Å². The number of aliphatic hydroxyl groups excluding tert-OH is 1. The van der Waals surface area contributed by atoms with Crippen molar-refractivity contribution in [2.75, 3.05) is 14.2 Å². The number of pyridine rings is 1. The van der Waals surface area contributed by atoms with Crippen molar-refractivity contribution < 1.29 is 14.6 Å². The molecule has 1 N–H and O–H groups in total. The van der Waals surface area contributed by atoms with Gasteiger partial charge in [0.15, 0.2) is 0 Å². The summed E-state index contributed by atoms with van der Waals surface area (Å²) in [6, 6.07) is 3.65. The smallest absolute Gasteiger partial charge is 0.128 e. The molecule has 4 nitrogen and oxygen atoms in total. The van der Waals surface area contributed by atoms with Gasteiger partial charge in [0.05, 0.1) is 14.2 Å². The Morgan fingerprint density at radius 2 is 1.62 bits per heavy atom. The van der Waals surface area contributed by atoms with E-state index in [1.54, 1.807) is 32.7 Å². The molecule has 2 rings (SSSR count). The molecule has 0 aliphatic heterocycles. The van der Waals surface area contributed by atoms with Crippen LogP contribution in [0, 0.1) is 20.8 Å². The second kappa shape index (κ2) is 6.14. The molecule has 0 spiro atoms. The Hall–Kier alpha value is -2.07. The third-order valence-corrected chi connectivity index (χ3v) is 3.91. The fraction of sp³-hybridized carbons (Fsp3) is 0.353. The van der Waals surface area contributed by atoms with Gasteiger partial charge >= 0.3 is 0 Å². The lowest BCUT2D eigenvalue weighted by Gasteiger charge is -2.23. The van der Waals surface area contributed by atoms with E-state index in [-0.39, 0.29) is 0 Å². The zero-order valence-corrected chi connectivity index (χ0v) is 13.1. The second-order valence-corrected chi connectivity index (χ2v) is 5.04. The van der Waals surface area contributed by atoms with Gasteiger partial charge in [0.1, 0.15) is 17.6 Å². The molecule has 0 radical (unpaired) electrons. The van der Waals surface area contributed by atoms with E-state index in [1.807, 2.05) is 26.8 Å². The Labute approximate surface area is 125 Å². The zero-order chi connectivity index (χ0) is 15.6. The molecule has 1 aromatic carbocycles. The molecule has 0 aliphatic rings. The molecule has 0 saturated heterocycles. The SMILES string of the molecule is COc1c(C)c(C)c(OC)c(C(O)c2cccnc2)c1C. The summed E-state index contributed by atoms with van der Waals surface area (Å²) < 4.78 is 11.0. The predicted octanol–water partition coefficient (Wildman–Crippen LogP) is 3.11. The number of methoxy groups -OCH3 is 2. The molecular formula is C17H21NO3. The molecule has 1 unspecified atom stereocenters. The van der Waals surface area contributed by atoms with E-state index < -0.39 is 6.10 Å². The highest BCUT2D eigenvalue weighted by Crippen LogP contribution is 2.42. The third-order valence-electron chi connectivity index (χ3n) is 3.91. The fourth-order valence-electron chi connectivity index (χ4n) is 2.72. The lowest BCUT2D eigenvalue weighted by atomic mass is 9.91. The molecule has 0 aliphatic carbocycles. The highest BCUT2D eigenvalue weighted by Gasteiger charge is 2.24. The van der Waals surface area contributed by atoms with E-state index in [2.05, 4.69) is 4.98 Å². The molecule has 1 heterocycles. The number of ether oxygens (including phenoxy) is 2. The van der Waals surface area contributed by atoms with Crippen LogP contribution in [-0.4, -0.2) is 24.3 Å². The van der Waals surface area contributed by atoms with Crippen LogP contribution in [-0.2, 0) is 0 Å². The van der Waals surface area contributed by atoms with Crippen LogP contribution < -0.4 is 9.47 Å². The Balaban J connectivity index is 2.70. The number of rotatable bonds is 4. The average molecular weight is 287 g/mol. The summed E-state index contributed by atoms with van der Waals surface area (Å²) in [4.78, 5) is 4.07. The minimum Gasteiger partial charge on any atom is -0.496 e. The molecule has 0 saturated carbocycles. The zero-order valence-electron chi connectivity index (χ0n) is 13.1. The summed E-state index contributed by atoms with van der Waals surface area (Å²) in [5.74, 6) is 1.48. The van der Waals surface area contributed by atoms with Crippen LogP contribution in [0.1, 0.15) is 33.9 Å². The van der Waals surface area contributed by atoms with E-state index in [4.69, 9.17) is 9.47 Å². The van der Waals surface area contributed by atoms with Crippen LogP contribution in [0.25, 0.3) is 0 Å². The maximum atomic E-state index is 10.7. The maximum Gasteiger partial charge on any atom is 0.128 e. The van der Waals surface area contributed by atoms with Crippen LogP contribution in [0.15, 0.2) is 24.5 Å². The maximum absolute atomic E-state index is 10.7. The first-order valence-electron chi connectivity index (χ1n) is 6.82. The molecule has 0 fully saturated rings. The lowest BCUT2D eigenvalue weighted by Crippen LogP contribution is -2.09. The summed E-state index contributed by atoms with van der Waals surface area (Å²) in [7, 11) is 3.26. The lowest BCUT2D eigenvalue weighted by molar-refractivity contribution is 0.212. The highest BCUT2D eigenvalue weighted by molar-refractivity contribution is 5.60. The number of hydrogen-bond acceptors (Lipinski definition) is 4. The van der Waals surface area contributed by atoms with Gasteiger partial charge in [-0.25, -0.2) is 0 Å². The van der Waals surface area contributed by atoms with Crippen LogP contribution in [0.4, 0.5) is 0 Å². The molecule has 2 aromatic rings. The molecule has 112 valence electrons. The van der Waals surface area contributed by atoms with Gasteiger partial charge in [0, 0.05) is 29.1 Å². The molecular weight excluding hydrogens is 266 g/mol. The van der Waals surface area contributed by atoms with E-state index in [1.165, 1.54) is 0 Å². The third kappa shape index (κ3) is 2.59. The minimum absolute atomic E-state index is 0.696. The predicted molar refractivity (Wildman–Crippen MR) is 82.1 cm³/mol. The van der Waals surface area contributed by atoms with Gasteiger partial charge < -0.3 is 14.6 Å². The summed E-state index contributed by atoms with van der Waals surface area (Å²) in [6.45, 7) is 5.89. The molecule has 0 amide bonds. The van der Waals surface area contributed by atoms with Gasteiger partial charge in [-0.15, -0.1) is 0 Å². The van der Waals surface area contributed by atoms with E-state index >= 15 is 0 Å². The van der Waals surface area contributed by atoms with Crippen molar-refractivity contribution in [1.82, 2.24) is 4.98 Å². The Kier molecular flexibility index (Phi) is 4.48. The summed E-state index contributed by atoms with van der Waals surface area (Å²) in [5.41, 5.74) is 4.33. The summed E-state index contributed by atoms with van der Waals surface area (Å²) in [5, 5.41) is 10.7. The number of nitrogens with zero attached hydrogens (tertiary/aromatic N) is 1. The molecule has 4 heteroatoms. The van der Waals surface area contributed by atoms with Crippen molar-refractivity contribution in [2.45, 2.75) is 26.9 Å². The highest BCUT2D eigenvalue weighted by atomic mass is 16.5. The molecule has 21 heavy (non-hydrogen) atoms. The van der Waals surface area contributed by atoms with Crippen molar-refractivity contribution in [3.63, 3.8) is 0 Å². The van der Waals surface area contributed by atoms with Gasteiger partial charge in [0.25, 0.3) is 0 Å². The van der Waals surface area contributed by atoms with Crippen molar-refractivity contribution in [3.05, 3.63) is 52.3 Å². The first-order chi connectivity index (χ1) is 10.0. The Bertz CT molecular complexity index is 638. The Morgan fingerprint density at radius 1 is 1.00 bits per heavy atom. The molecule has 1 atom stereocenters. The molecule has 1 aromatic heterocycles. The fourth-order valence-corrected chi connectivity index (χ4v) is 2.72. The number of aromatic nitrogens is 1. The van der Waals surface area contributed by atoms with E-state index in [0.29, 0.717) is 5.75 Å². The topological polar surface area (TPSA) is 51.6 Å². The van der Waals surface area contributed by atoms with Crippen LogP contribution >= 0.6 is 0 Å². The average Bonchev–Trinajstić information content (AvgIpc) is 2.51. The van der Waals surface area contributed by atoms with Gasteiger partial charge in [-0.05, 0) is 38.0 Å². The number of benzene rings is 1. The van der Waals surface area contributed by atoms with E-state index in [9.17, 15) is 5.11 Å². The second-order valence-electron chi connectivity index (χ2n) is 5.04. The van der Waals surface area contributed by atoms with Gasteiger partial charge in [-0.2, -0.15) is 0 Å². The normalized spacial score (nSPS) is 12.1. The van der Waals surface area contributed by atoms with Crippen molar-refractivity contribution in [1.29, 1.82) is 0 Å². The Morgan fingerprint density at radius 3 is 2.14 bits per heavy atom. The standard InChI is InChI=1S/C17H21NO3/c1-10-11(2)17(21-5)14(12(3)16(10)20-4)15(19)13-7-6-8-18-9-13/h6-9,15,19H,1-5H3. The first kappa shape index (κ1) is 15.3. The van der Waals surface area contributed by atoms with Crippen molar-refractivity contribution in [3.8, 4) is 11.5 Å². The largest absolute Gasteiger partial charge is 0.496 e. The molecule has 0 bridgehead atoms. The van der Waals surface area contributed by atoms with Gasteiger partial charge in [-0.3, -0.25) is 4.98 Å². The first-order valence-corrected chi connectivity index (χ1v) is 6.82. The summed E-state index contributed by atoms with van der Waals surface area (Å²) in [6.07, 6.45) is 2.54. The summed E-state index contributed by atoms with van der Waals surface area (Å²) >= 11 is 0. The van der Waals surface area contributed by atoms with Gasteiger partial charge in [0.2, 0.25) is 0 Å². The van der Waals surface area contributed by atoms with Gasteiger partial charge in [-0.1, -0.05) is 6.07 Å². The quantitative estimate of drug-likeness (QED) is 0.938. The van der Waals surface area contributed by atoms with Crippen LogP contribution in [0.3, 0.4) is 0 Å². The number of aliphatic hydroxyl groups is 1. The van der Waals surface area contributed by atoms with Crippen LogP contribution in [0.5, 0.6) is 11.5 Å². The minimum atomic E-state index is -0.804. The van der Waals surface area contributed by atoms with Crippen molar-refractivity contribution >= 4 is 0 Å². The van der Waals surface area contributed by atoms with Crippen LogP contribution in [0.2, 0.25) is 0 Å².